The van der Waals surface area contributed by atoms with Crippen molar-refractivity contribution in [3.05, 3.63) is 10.4 Å². The smallest absolute Gasteiger partial charge is 0.217 e. The standard InChI is InChI=1S/C9H16N4O6/c1-3(14)12-5-6(16)7(17)8(19-9(5)18)4(15)2-11-13-10/h4-9,15-18H,2H2,1H3,(H,12,14)/t4?,5-,6-,7+,8-,9?/m1/s1. The third kappa shape index (κ3) is 3.77. The van der Waals surface area contributed by atoms with Crippen LogP contribution in [-0.2, 0) is 9.53 Å². The van der Waals surface area contributed by atoms with Gasteiger partial charge in [-0.1, -0.05) is 5.11 Å². The molecule has 0 spiro atoms. The topological polar surface area (TPSA) is 168 Å². The molecule has 10 heteroatoms. The molecule has 1 amide bonds. The summed E-state index contributed by atoms with van der Waals surface area (Å²) in [6.07, 6.45) is -7.41. The first-order valence-corrected chi connectivity index (χ1v) is 5.54. The summed E-state index contributed by atoms with van der Waals surface area (Å²) in [7, 11) is 0. The third-order valence-electron chi connectivity index (χ3n) is 2.74. The molecular weight excluding hydrogens is 260 g/mol. The first kappa shape index (κ1) is 15.6. The number of amides is 1. The van der Waals surface area contributed by atoms with Crippen LogP contribution in [-0.4, -0.2) is 69.6 Å². The molecule has 108 valence electrons. The van der Waals surface area contributed by atoms with E-state index in [0.29, 0.717) is 0 Å². The molecule has 0 aromatic rings. The summed E-state index contributed by atoms with van der Waals surface area (Å²) in [6.45, 7) is 0.789. The second kappa shape index (κ2) is 6.66. The van der Waals surface area contributed by atoms with E-state index in [-0.39, 0.29) is 6.54 Å². The molecule has 6 atom stereocenters. The normalized spacial score (nSPS) is 36.2. The number of carbonyl (C=O) groups is 1. The van der Waals surface area contributed by atoms with E-state index in [1.807, 2.05) is 0 Å². The van der Waals surface area contributed by atoms with Gasteiger partial charge in [0.05, 0.1) is 12.6 Å². The van der Waals surface area contributed by atoms with E-state index in [2.05, 4.69) is 15.3 Å². The summed E-state index contributed by atoms with van der Waals surface area (Å²) >= 11 is 0. The van der Waals surface area contributed by atoms with Crippen molar-refractivity contribution in [2.45, 2.75) is 43.7 Å². The number of aliphatic hydroxyl groups is 4. The molecule has 0 aliphatic carbocycles. The van der Waals surface area contributed by atoms with E-state index in [9.17, 15) is 25.2 Å². The molecule has 2 unspecified atom stereocenters. The molecule has 1 rings (SSSR count). The van der Waals surface area contributed by atoms with E-state index >= 15 is 0 Å². The third-order valence-corrected chi connectivity index (χ3v) is 2.74. The predicted molar refractivity (Wildman–Crippen MR) is 60.5 cm³/mol. The number of rotatable bonds is 4. The van der Waals surface area contributed by atoms with Gasteiger partial charge in [0.2, 0.25) is 5.91 Å². The van der Waals surface area contributed by atoms with Crippen molar-refractivity contribution in [2.75, 3.05) is 6.54 Å². The van der Waals surface area contributed by atoms with E-state index in [1.54, 1.807) is 0 Å². The fourth-order valence-corrected chi connectivity index (χ4v) is 1.84. The average molecular weight is 276 g/mol. The van der Waals surface area contributed by atoms with Gasteiger partial charge in [-0.2, -0.15) is 0 Å². The molecule has 19 heavy (non-hydrogen) atoms. The molecule has 0 radical (unpaired) electrons. The Morgan fingerprint density at radius 1 is 1.47 bits per heavy atom. The summed E-state index contributed by atoms with van der Waals surface area (Å²) in [6, 6.07) is -1.21. The van der Waals surface area contributed by atoms with E-state index < -0.39 is 42.7 Å². The van der Waals surface area contributed by atoms with E-state index in [0.717, 1.165) is 0 Å². The van der Waals surface area contributed by atoms with Crippen LogP contribution in [0.5, 0.6) is 0 Å². The second-order valence-corrected chi connectivity index (χ2v) is 4.18. The Bertz CT molecular complexity index is 374. The fraction of sp³-hybridized carbons (Fsp3) is 0.889. The number of hydrogen-bond donors (Lipinski definition) is 5. The van der Waals surface area contributed by atoms with Gasteiger partial charge in [-0.25, -0.2) is 0 Å². The highest BCUT2D eigenvalue weighted by atomic mass is 16.6. The summed E-state index contributed by atoms with van der Waals surface area (Å²) in [4.78, 5) is 13.3. The highest BCUT2D eigenvalue weighted by Crippen LogP contribution is 2.22. The first-order chi connectivity index (χ1) is 8.88. The Kier molecular flexibility index (Phi) is 5.48. The average Bonchev–Trinajstić information content (AvgIpc) is 2.35. The van der Waals surface area contributed by atoms with Crippen molar-refractivity contribution >= 4 is 5.91 Å². The van der Waals surface area contributed by atoms with Crippen molar-refractivity contribution in [3.63, 3.8) is 0 Å². The lowest BCUT2D eigenvalue weighted by atomic mass is 9.93. The van der Waals surface area contributed by atoms with E-state index in [1.165, 1.54) is 6.92 Å². The van der Waals surface area contributed by atoms with Crippen LogP contribution >= 0.6 is 0 Å². The quantitative estimate of drug-likeness (QED) is 0.218. The van der Waals surface area contributed by atoms with Crippen LogP contribution in [0.2, 0.25) is 0 Å². The predicted octanol–water partition coefficient (Wildman–Crippen LogP) is -2.40. The highest BCUT2D eigenvalue weighted by molar-refractivity contribution is 5.73. The van der Waals surface area contributed by atoms with Gasteiger partial charge in [0, 0.05) is 11.8 Å². The van der Waals surface area contributed by atoms with Gasteiger partial charge in [-0.05, 0) is 5.53 Å². The van der Waals surface area contributed by atoms with Crippen LogP contribution in [0.4, 0.5) is 0 Å². The van der Waals surface area contributed by atoms with Gasteiger partial charge in [0.15, 0.2) is 6.29 Å². The summed E-state index contributed by atoms with van der Waals surface area (Å²) in [5.41, 5.74) is 8.12. The molecule has 1 fully saturated rings. The Labute approximate surface area is 108 Å². The lowest BCUT2D eigenvalue weighted by molar-refractivity contribution is -0.265. The number of ether oxygens (including phenoxy) is 1. The maximum atomic E-state index is 10.9. The van der Waals surface area contributed by atoms with Gasteiger partial charge in [-0.15, -0.1) is 0 Å². The maximum Gasteiger partial charge on any atom is 0.217 e. The molecule has 0 saturated carbocycles. The summed E-state index contributed by atoms with van der Waals surface area (Å²) < 4.78 is 4.94. The molecule has 1 heterocycles. The van der Waals surface area contributed by atoms with Crippen LogP contribution in [0.3, 0.4) is 0 Å². The minimum absolute atomic E-state index is 0.386. The lowest BCUT2D eigenvalue weighted by Gasteiger charge is -2.42. The SMILES string of the molecule is CC(=O)N[C@H]1C(O)O[C@H](C(O)CN=[N+]=[N-])[C@@H](O)[C@@H]1O. The Morgan fingerprint density at radius 2 is 2.11 bits per heavy atom. The number of aliphatic hydroxyl groups excluding tert-OH is 4. The Hall–Kier alpha value is -1.42. The van der Waals surface area contributed by atoms with Crippen LogP contribution in [0, 0.1) is 0 Å². The fourth-order valence-electron chi connectivity index (χ4n) is 1.84. The van der Waals surface area contributed by atoms with Crippen molar-refractivity contribution < 1.29 is 30.0 Å². The molecule has 1 saturated heterocycles. The Balaban J connectivity index is 2.76. The number of hydrogen-bond acceptors (Lipinski definition) is 7. The number of nitrogens with zero attached hydrogens (tertiary/aromatic N) is 3. The van der Waals surface area contributed by atoms with Gasteiger partial charge in [0.1, 0.15) is 24.4 Å². The molecule has 0 bridgehead atoms. The zero-order chi connectivity index (χ0) is 14.6. The molecule has 1 aliphatic rings. The van der Waals surface area contributed by atoms with Gasteiger partial charge < -0.3 is 30.5 Å². The van der Waals surface area contributed by atoms with Crippen molar-refractivity contribution in [3.8, 4) is 0 Å². The van der Waals surface area contributed by atoms with Crippen LogP contribution in [0.15, 0.2) is 5.11 Å². The number of carbonyl (C=O) groups excluding carboxylic acids is 1. The number of azide groups is 1. The number of nitrogens with one attached hydrogen (secondary N) is 1. The first-order valence-electron chi connectivity index (χ1n) is 5.54. The zero-order valence-corrected chi connectivity index (χ0v) is 10.1. The van der Waals surface area contributed by atoms with Crippen LogP contribution < -0.4 is 5.32 Å². The highest BCUT2D eigenvalue weighted by Gasteiger charge is 2.46. The molecule has 10 nitrogen and oxygen atoms in total. The zero-order valence-electron chi connectivity index (χ0n) is 10.1. The van der Waals surface area contributed by atoms with Gasteiger partial charge in [0.25, 0.3) is 0 Å². The van der Waals surface area contributed by atoms with Crippen molar-refractivity contribution in [1.29, 1.82) is 0 Å². The minimum Gasteiger partial charge on any atom is -0.390 e. The second-order valence-electron chi connectivity index (χ2n) is 4.18. The minimum atomic E-state index is -1.60. The van der Waals surface area contributed by atoms with E-state index in [4.69, 9.17) is 10.3 Å². The summed E-state index contributed by atoms with van der Waals surface area (Å²) in [5.74, 6) is -0.521. The lowest BCUT2D eigenvalue weighted by Crippen LogP contribution is -2.65. The van der Waals surface area contributed by atoms with Gasteiger partial charge >= 0.3 is 0 Å². The van der Waals surface area contributed by atoms with Crippen molar-refractivity contribution in [2.24, 2.45) is 5.11 Å². The van der Waals surface area contributed by atoms with Crippen LogP contribution in [0.1, 0.15) is 6.92 Å². The molecule has 0 aromatic heterocycles. The maximum absolute atomic E-state index is 10.9. The van der Waals surface area contributed by atoms with Gasteiger partial charge in [-0.3, -0.25) is 4.79 Å². The molecule has 1 aliphatic heterocycles. The molecule has 5 N–H and O–H groups in total. The largest absolute Gasteiger partial charge is 0.390 e. The van der Waals surface area contributed by atoms with Crippen LogP contribution in [0.25, 0.3) is 10.4 Å². The Morgan fingerprint density at radius 3 is 2.63 bits per heavy atom. The molecule has 0 aromatic carbocycles. The monoisotopic (exact) mass is 276 g/mol. The van der Waals surface area contributed by atoms with Crippen molar-refractivity contribution in [1.82, 2.24) is 5.32 Å². The summed E-state index contributed by atoms with van der Waals surface area (Å²) in [5, 5.41) is 44.1. The molecular formula is C9H16N4O6.